The number of nitrogens with zero attached hydrogens (tertiary/aromatic N) is 3. The van der Waals surface area contributed by atoms with Crippen molar-refractivity contribution in [3.8, 4) is 11.1 Å². The van der Waals surface area contributed by atoms with E-state index in [2.05, 4.69) is 9.97 Å². The van der Waals surface area contributed by atoms with Gasteiger partial charge in [-0.15, -0.1) is 0 Å². The highest BCUT2D eigenvalue weighted by Crippen LogP contribution is 2.38. The van der Waals surface area contributed by atoms with Gasteiger partial charge in [0.2, 0.25) is 0 Å². The molecule has 5 nitrogen and oxygen atoms in total. The van der Waals surface area contributed by atoms with Gasteiger partial charge in [0.05, 0.1) is 30.0 Å². The molecule has 0 saturated carbocycles. The standard InChI is InChI=1S/C16H15F2N3O2/c1-21-8-10(16(22)23)3-14(21)15-13(4-12(18)7-20-15)9-2-11(17)6-19-5-9/h2,4-7,10,14H,3,8H2,1H3,(H,22,23). The Morgan fingerprint density at radius 1 is 1.26 bits per heavy atom. The zero-order valence-electron chi connectivity index (χ0n) is 12.4. The van der Waals surface area contributed by atoms with Gasteiger partial charge in [0.1, 0.15) is 11.6 Å². The molecular formula is C16H15F2N3O2. The smallest absolute Gasteiger partial charge is 0.307 e. The highest BCUT2D eigenvalue weighted by atomic mass is 19.1. The van der Waals surface area contributed by atoms with Crippen LogP contribution in [0.5, 0.6) is 0 Å². The number of hydrogen-bond acceptors (Lipinski definition) is 4. The highest BCUT2D eigenvalue weighted by Gasteiger charge is 2.36. The van der Waals surface area contributed by atoms with Crippen LogP contribution in [0, 0.1) is 17.6 Å². The Morgan fingerprint density at radius 3 is 2.65 bits per heavy atom. The summed E-state index contributed by atoms with van der Waals surface area (Å²) in [4.78, 5) is 21.0. The molecule has 0 bridgehead atoms. The molecule has 0 spiro atoms. The summed E-state index contributed by atoms with van der Waals surface area (Å²) < 4.78 is 27.1. The van der Waals surface area contributed by atoms with Gasteiger partial charge < -0.3 is 5.11 Å². The van der Waals surface area contributed by atoms with Crippen molar-refractivity contribution >= 4 is 5.97 Å². The second kappa shape index (κ2) is 6.00. The lowest BCUT2D eigenvalue weighted by molar-refractivity contribution is -0.141. The van der Waals surface area contributed by atoms with Crippen LogP contribution in [-0.2, 0) is 4.79 Å². The molecule has 1 aliphatic heterocycles. The Hall–Kier alpha value is -2.41. The third-order valence-electron chi connectivity index (χ3n) is 4.11. The van der Waals surface area contributed by atoms with Gasteiger partial charge in [-0.25, -0.2) is 8.78 Å². The molecule has 2 aromatic rings. The molecule has 2 atom stereocenters. The first kappa shape index (κ1) is 15.5. The number of pyridine rings is 2. The molecule has 1 fully saturated rings. The maximum Gasteiger partial charge on any atom is 0.307 e. The minimum absolute atomic E-state index is 0.269. The second-order valence-corrected chi connectivity index (χ2v) is 5.70. The Labute approximate surface area is 131 Å². The van der Waals surface area contributed by atoms with Crippen LogP contribution in [0.2, 0.25) is 0 Å². The molecule has 1 N–H and O–H groups in total. The maximum atomic E-state index is 13.6. The minimum atomic E-state index is -0.865. The average molecular weight is 319 g/mol. The SMILES string of the molecule is CN1CC(C(=O)O)CC1c1ncc(F)cc1-c1cncc(F)c1. The first-order valence-corrected chi connectivity index (χ1v) is 7.15. The van der Waals surface area contributed by atoms with E-state index in [1.807, 2.05) is 4.90 Å². The number of aliphatic carboxylic acids is 1. The van der Waals surface area contributed by atoms with E-state index in [-0.39, 0.29) is 6.04 Å². The summed E-state index contributed by atoms with van der Waals surface area (Å²) in [7, 11) is 1.80. The van der Waals surface area contributed by atoms with Crippen LogP contribution in [-0.4, -0.2) is 39.5 Å². The van der Waals surface area contributed by atoms with Gasteiger partial charge in [0, 0.05) is 23.9 Å². The molecule has 0 aliphatic carbocycles. The Morgan fingerprint density at radius 2 is 2.00 bits per heavy atom. The number of halogens is 2. The molecular weight excluding hydrogens is 304 g/mol. The molecule has 3 rings (SSSR count). The van der Waals surface area contributed by atoms with Crippen LogP contribution in [0.1, 0.15) is 18.2 Å². The zero-order chi connectivity index (χ0) is 16.6. The van der Waals surface area contributed by atoms with Crippen molar-refractivity contribution in [1.29, 1.82) is 0 Å². The van der Waals surface area contributed by atoms with Crippen LogP contribution in [0.4, 0.5) is 8.78 Å². The molecule has 0 radical (unpaired) electrons. The van der Waals surface area contributed by atoms with Crippen LogP contribution in [0.25, 0.3) is 11.1 Å². The molecule has 23 heavy (non-hydrogen) atoms. The predicted octanol–water partition coefficient (Wildman–Crippen LogP) is 2.50. The quantitative estimate of drug-likeness (QED) is 0.941. The molecule has 1 aliphatic rings. The monoisotopic (exact) mass is 319 g/mol. The lowest BCUT2D eigenvalue weighted by atomic mass is 9.97. The summed E-state index contributed by atoms with van der Waals surface area (Å²) in [6, 6.07) is 2.27. The number of carboxylic acid groups (broad SMARTS) is 1. The number of hydrogen-bond donors (Lipinski definition) is 1. The molecule has 1 saturated heterocycles. The van der Waals surface area contributed by atoms with Crippen molar-refractivity contribution in [1.82, 2.24) is 14.9 Å². The molecule has 2 unspecified atom stereocenters. The third-order valence-corrected chi connectivity index (χ3v) is 4.11. The highest BCUT2D eigenvalue weighted by molar-refractivity contribution is 5.71. The summed E-state index contributed by atoms with van der Waals surface area (Å²) in [5, 5.41) is 9.20. The second-order valence-electron chi connectivity index (χ2n) is 5.70. The van der Waals surface area contributed by atoms with Gasteiger partial charge >= 0.3 is 5.97 Å². The van der Waals surface area contributed by atoms with E-state index in [1.165, 1.54) is 18.3 Å². The Bertz CT molecular complexity index is 754. The molecule has 120 valence electrons. The summed E-state index contributed by atoms with van der Waals surface area (Å²) >= 11 is 0. The summed E-state index contributed by atoms with van der Waals surface area (Å²) in [5.41, 5.74) is 1.38. The van der Waals surface area contributed by atoms with Crippen LogP contribution in [0.3, 0.4) is 0 Å². The molecule has 0 aromatic carbocycles. The number of aromatic nitrogens is 2. The summed E-state index contributed by atoms with van der Waals surface area (Å²) in [5.74, 6) is -2.44. The van der Waals surface area contributed by atoms with Gasteiger partial charge in [0.25, 0.3) is 0 Å². The lowest BCUT2D eigenvalue weighted by Crippen LogP contribution is -2.21. The number of carboxylic acids is 1. The van der Waals surface area contributed by atoms with E-state index in [9.17, 15) is 18.7 Å². The van der Waals surface area contributed by atoms with E-state index in [0.717, 1.165) is 12.4 Å². The first-order chi connectivity index (χ1) is 11.0. The molecule has 0 amide bonds. The van der Waals surface area contributed by atoms with E-state index in [4.69, 9.17) is 0 Å². The van der Waals surface area contributed by atoms with Crippen molar-refractivity contribution in [2.45, 2.75) is 12.5 Å². The Balaban J connectivity index is 2.05. The van der Waals surface area contributed by atoms with Crippen LogP contribution >= 0.6 is 0 Å². The lowest BCUT2D eigenvalue weighted by Gasteiger charge is -2.21. The number of carbonyl (C=O) groups is 1. The minimum Gasteiger partial charge on any atom is -0.481 e. The van der Waals surface area contributed by atoms with Gasteiger partial charge in [-0.1, -0.05) is 0 Å². The van der Waals surface area contributed by atoms with Crippen LogP contribution < -0.4 is 0 Å². The van der Waals surface area contributed by atoms with Crippen molar-refractivity contribution in [2.24, 2.45) is 5.92 Å². The normalized spacial score (nSPS) is 21.5. The zero-order valence-corrected chi connectivity index (χ0v) is 12.4. The fraction of sp³-hybridized carbons (Fsp3) is 0.312. The van der Waals surface area contributed by atoms with E-state index < -0.39 is 23.5 Å². The van der Waals surface area contributed by atoms with Crippen molar-refractivity contribution < 1.29 is 18.7 Å². The summed E-state index contributed by atoms with van der Waals surface area (Å²) in [6.45, 7) is 0.389. The average Bonchev–Trinajstić information content (AvgIpc) is 2.89. The fourth-order valence-corrected chi connectivity index (χ4v) is 3.00. The molecule has 3 heterocycles. The van der Waals surface area contributed by atoms with Crippen LogP contribution in [0.15, 0.2) is 30.7 Å². The van der Waals surface area contributed by atoms with Gasteiger partial charge in [-0.2, -0.15) is 0 Å². The van der Waals surface area contributed by atoms with Gasteiger partial charge in [-0.3, -0.25) is 19.7 Å². The molecule has 2 aromatic heterocycles. The van der Waals surface area contributed by atoms with Crippen molar-refractivity contribution in [2.75, 3.05) is 13.6 Å². The van der Waals surface area contributed by atoms with Crippen molar-refractivity contribution in [3.05, 3.63) is 48.1 Å². The predicted molar refractivity (Wildman–Crippen MR) is 78.5 cm³/mol. The van der Waals surface area contributed by atoms with E-state index in [1.54, 1.807) is 7.05 Å². The Kier molecular flexibility index (Phi) is 4.04. The largest absolute Gasteiger partial charge is 0.481 e. The van der Waals surface area contributed by atoms with E-state index >= 15 is 0 Å². The maximum absolute atomic E-state index is 13.6. The fourth-order valence-electron chi connectivity index (χ4n) is 3.00. The van der Waals surface area contributed by atoms with E-state index in [0.29, 0.717) is 29.8 Å². The molecule has 7 heteroatoms. The topological polar surface area (TPSA) is 66.3 Å². The van der Waals surface area contributed by atoms with Gasteiger partial charge in [-0.05, 0) is 25.6 Å². The third kappa shape index (κ3) is 3.05. The number of rotatable bonds is 3. The van der Waals surface area contributed by atoms with Gasteiger partial charge in [0.15, 0.2) is 0 Å². The summed E-state index contributed by atoms with van der Waals surface area (Å²) in [6.07, 6.45) is 3.97. The first-order valence-electron chi connectivity index (χ1n) is 7.15. The number of likely N-dealkylation sites (tertiary alicyclic amines) is 1. The van der Waals surface area contributed by atoms with Crippen molar-refractivity contribution in [3.63, 3.8) is 0 Å².